The van der Waals surface area contributed by atoms with Crippen LogP contribution in [-0.4, -0.2) is 35.1 Å². The Balaban J connectivity index is 1.50. The Bertz CT molecular complexity index is 733. The fourth-order valence-corrected chi connectivity index (χ4v) is 3.52. The number of aromatic nitrogens is 2. The van der Waals surface area contributed by atoms with Crippen LogP contribution in [0.4, 0.5) is 0 Å². The van der Waals surface area contributed by atoms with Gasteiger partial charge in [0.15, 0.2) is 0 Å². The second-order valence-electron chi connectivity index (χ2n) is 5.94. The highest BCUT2D eigenvalue weighted by Crippen LogP contribution is 2.24. The molecule has 3 rings (SSSR count). The molecule has 1 amide bonds. The van der Waals surface area contributed by atoms with Crippen molar-refractivity contribution in [2.24, 2.45) is 0 Å². The topological polar surface area (TPSA) is 73.3 Å². The number of nitrogens with zero attached hydrogens (tertiary/aromatic N) is 2. The fraction of sp³-hybridized carbons (Fsp3) is 0.389. The molecule has 0 unspecified atom stereocenters. The largest absolute Gasteiger partial charge is 0.480 e. The Kier molecular flexibility index (Phi) is 6.06. The lowest BCUT2D eigenvalue weighted by Crippen LogP contribution is -2.40. The molecule has 1 saturated carbocycles. The Morgan fingerprint density at radius 3 is 2.60 bits per heavy atom. The zero-order valence-electron chi connectivity index (χ0n) is 13.9. The van der Waals surface area contributed by atoms with Crippen LogP contribution in [0.3, 0.4) is 0 Å². The Labute approximate surface area is 160 Å². The number of ether oxygens (including phenoxy) is 2. The molecule has 1 aliphatic rings. The normalized spacial score (nSPS) is 19.9. The molecule has 1 aromatic carbocycles. The van der Waals surface area contributed by atoms with E-state index in [1.165, 1.54) is 0 Å². The number of halogens is 1. The first-order chi connectivity index (χ1) is 12.2. The van der Waals surface area contributed by atoms with Crippen molar-refractivity contribution in [1.82, 2.24) is 15.3 Å². The highest BCUT2D eigenvalue weighted by Gasteiger charge is 2.24. The first-order valence-electron chi connectivity index (χ1n) is 8.24. The van der Waals surface area contributed by atoms with Gasteiger partial charge in [0.25, 0.3) is 5.91 Å². The number of nitrogens with one attached hydrogen (secondary N) is 1. The van der Waals surface area contributed by atoms with Crippen LogP contribution in [0.25, 0.3) is 0 Å². The maximum absolute atomic E-state index is 12.4. The lowest BCUT2D eigenvalue weighted by molar-refractivity contribution is 0.0888. The summed E-state index contributed by atoms with van der Waals surface area (Å²) in [5, 5.41) is 3.13. The molecule has 25 heavy (non-hydrogen) atoms. The van der Waals surface area contributed by atoms with Crippen LogP contribution in [0.5, 0.6) is 11.8 Å². The van der Waals surface area contributed by atoms with Gasteiger partial charge in [0.1, 0.15) is 6.10 Å². The average Bonchev–Trinajstić information content (AvgIpc) is 2.64. The third kappa shape index (κ3) is 4.81. The lowest BCUT2D eigenvalue weighted by atomic mass is 9.92. The van der Waals surface area contributed by atoms with Gasteiger partial charge in [-0.25, -0.2) is 0 Å². The fourth-order valence-electron chi connectivity index (χ4n) is 2.89. The summed E-state index contributed by atoms with van der Waals surface area (Å²) in [6, 6.07) is 7.79. The molecule has 0 bridgehead atoms. The minimum atomic E-state index is -0.00645. The van der Waals surface area contributed by atoms with Crippen molar-refractivity contribution < 1.29 is 14.3 Å². The second-order valence-corrected chi connectivity index (χ2v) is 7.11. The molecular weight excluding hydrogens is 433 g/mol. The van der Waals surface area contributed by atoms with Gasteiger partial charge in [-0.15, -0.1) is 0 Å². The predicted molar refractivity (Wildman–Crippen MR) is 102 cm³/mol. The molecule has 0 radical (unpaired) electrons. The molecule has 0 saturated heterocycles. The number of carbonyl (C=O) groups excluding carboxylic acids is 1. The molecule has 6 nitrogen and oxygen atoms in total. The molecule has 1 aromatic heterocycles. The molecule has 1 fully saturated rings. The van der Waals surface area contributed by atoms with E-state index >= 15 is 0 Å². The van der Waals surface area contributed by atoms with E-state index in [0.717, 1.165) is 34.8 Å². The van der Waals surface area contributed by atoms with Crippen molar-refractivity contribution in [1.29, 1.82) is 0 Å². The molecule has 7 heteroatoms. The van der Waals surface area contributed by atoms with Crippen molar-refractivity contribution in [2.45, 2.75) is 37.8 Å². The van der Waals surface area contributed by atoms with Gasteiger partial charge in [0.2, 0.25) is 11.8 Å². The SMILES string of the molecule is COc1cncc(OC2CCC(NC(=O)c3ccccc3I)CC2)n1. The summed E-state index contributed by atoms with van der Waals surface area (Å²) in [6.07, 6.45) is 6.74. The number of methoxy groups -OCH3 is 1. The lowest BCUT2D eigenvalue weighted by Gasteiger charge is -2.29. The molecule has 0 spiro atoms. The maximum Gasteiger partial charge on any atom is 0.252 e. The number of benzene rings is 1. The molecular formula is C18H20IN3O3. The minimum absolute atomic E-state index is 0.00645. The zero-order valence-corrected chi connectivity index (χ0v) is 16.1. The molecule has 0 aliphatic heterocycles. The van der Waals surface area contributed by atoms with Crippen LogP contribution in [0.1, 0.15) is 36.0 Å². The van der Waals surface area contributed by atoms with Crippen molar-refractivity contribution in [3.63, 3.8) is 0 Å². The van der Waals surface area contributed by atoms with Gasteiger partial charge >= 0.3 is 0 Å². The van der Waals surface area contributed by atoms with Crippen LogP contribution >= 0.6 is 22.6 Å². The summed E-state index contributed by atoms with van der Waals surface area (Å²) >= 11 is 2.19. The van der Waals surface area contributed by atoms with E-state index in [2.05, 4.69) is 37.9 Å². The van der Waals surface area contributed by atoms with Gasteiger partial charge in [0, 0.05) is 9.61 Å². The zero-order chi connectivity index (χ0) is 17.6. The van der Waals surface area contributed by atoms with Crippen LogP contribution < -0.4 is 14.8 Å². The highest BCUT2D eigenvalue weighted by atomic mass is 127. The number of hydrogen-bond acceptors (Lipinski definition) is 5. The first-order valence-corrected chi connectivity index (χ1v) is 9.31. The summed E-state index contributed by atoms with van der Waals surface area (Å²) in [5.41, 5.74) is 0.730. The van der Waals surface area contributed by atoms with E-state index < -0.39 is 0 Å². The van der Waals surface area contributed by atoms with Gasteiger partial charge in [-0.05, 0) is 60.4 Å². The number of rotatable bonds is 5. The first kappa shape index (κ1) is 17.9. The van der Waals surface area contributed by atoms with Crippen LogP contribution in [0.2, 0.25) is 0 Å². The van der Waals surface area contributed by atoms with Crippen molar-refractivity contribution in [3.05, 3.63) is 45.8 Å². The predicted octanol–water partition coefficient (Wildman–Crippen LogP) is 3.21. The van der Waals surface area contributed by atoms with Gasteiger partial charge in [0.05, 0.1) is 25.1 Å². The molecule has 132 valence electrons. The summed E-state index contributed by atoms with van der Waals surface area (Å²) in [5.74, 6) is 0.912. The smallest absolute Gasteiger partial charge is 0.252 e. The summed E-state index contributed by atoms with van der Waals surface area (Å²) < 4.78 is 11.9. The third-order valence-electron chi connectivity index (χ3n) is 4.21. The van der Waals surface area contributed by atoms with E-state index in [1.807, 2.05) is 24.3 Å². The highest BCUT2D eigenvalue weighted by molar-refractivity contribution is 14.1. The van der Waals surface area contributed by atoms with Gasteiger partial charge in [-0.1, -0.05) is 12.1 Å². The monoisotopic (exact) mass is 453 g/mol. The van der Waals surface area contributed by atoms with E-state index in [0.29, 0.717) is 11.8 Å². The Hall–Kier alpha value is -1.90. The molecule has 1 N–H and O–H groups in total. The van der Waals surface area contributed by atoms with Crippen LogP contribution in [-0.2, 0) is 0 Å². The quantitative estimate of drug-likeness (QED) is 0.705. The molecule has 1 heterocycles. The molecule has 0 atom stereocenters. The summed E-state index contributed by atoms with van der Waals surface area (Å²) in [4.78, 5) is 20.7. The van der Waals surface area contributed by atoms with Gasteiger partial charge in [-0.3, -0.25) is 9.78 Å². The average molecular weight is 453 g/mol. The van der Waals surface area contributed by atoms with Crippen molar-refractivity contribution in [3.8, 4) is 11.8 Å². The summed E-state index contributed by atoms with van der Waals surface area (Å²) in [7, 11) is 1.55. The van der Waals surface area contributed by atoms with Crippen molar-refractivity contribution in [2.75, 3.05) is 7.11 Å². The maximum atomic E-state index is 12.4. The van der Waals surface area contributed by atoms with Gasteiger partial charge < -0.3 is 14.8 Å². The van der Waals surface area contributed by atoms with E-state index in [4.69, 9.17) is 9.47 Å². The summed E-state index contributed by atoms with van der Waals surface area (Å²) in [6.45, 7) is 0. The van der Waals surface area contributed by atoms with E-state index in [1.54, 1.807) is 19.5 Å². The van der Waals surface area contributed by atoms with Gasteiger partial charge in [-0.2, -0.15) is 4.98 Å². The molecule has 1 aliphatic carbocycles. The standard InChI is InChI=1S/C18H20IN3O3/c1-24-16-10-20-11-17(22-16)25-13-8-6-12(7-9-13)21-18(23)14-4-2-3-5-15(14)19/h2-5,10-13H,6-9H2,1H3,(H,21,23). The Morgan fingerprint density at radius 1 is 1.16 bits per heavy atom. The minimum Gasteiger partial charge on any atom is -0.480 e. The molecule has 2 aromatic rings. The third-order valence-corrected chi connectivity index (χ3v) is 5.16. The van der Waals surface area contributed by atoms with Crippen molar-refractivity contribution >= 4 is 28.5 Å². The van der Waals surface area contributed by atoms with Crippen LogP contribution in [0, 0.1) is 3.57 Å². The number of hydrogen-bond donors (Lipinski definition) is 1. The van der Waals surface area contributed by atoms with Crippen LogP contribution in [0.15, 0.2) is 36.7 Å². The Morgan fingerprint density at radius 2 is 1.88 bits per heavy atom. The number of amides is 1. The second kappa shape index (κ2) is 8.46. The van der Waals surface area contributed by atoms with E-state index in [9.17, 15) is 4.79 Å². The van der Waals surface area contributed by atoms with E-state index in [-0.39, 0.29) is 18.1 Å². The number of carbonyl (C=O) groups is 1.